The Morgan fingerprint density at radius 1 is 0.895 bits per heavy atom. The number of hydrogen-bond donors (Lipinski definition) is 0. The van der Waals surface area contributed by atoms with Crippen LogP contribution in [0.5, 0.6) is 11.5 Å². The fraction of sp³-hybridized carbons (Fsp3) is 0.125. The Morgan fingerprint density at radius 2 is 1.53 bits per heavy atom. The predicted octanol–water partition coefficient (Wildman–Crippen LogP) is 4.70. The Labute approximate surface area is 118 Å². The molecule has 2 nitrogen and oxygen atoms in total. The zero-order chi connectivity index (χ0) is 13.7. The predicted molar refractivity (Wildman–Crippen MR) is 78.5 cm³/mol. The van der Waals surface area contributed by atoms with Gasteiger partial charge in [-0.15, -0.1) is 0 Å². The van der Waals surface area contributed by atoms with E-state index in [-0.39, 0.29) is 0 Å². The summed E-state index contributed by atoms with van der Waals surface area (Å²) in [5.41, 5.74) is 0.914. The molecule has 0 saturated carbocycles. The van der Waals surface area contributed by atoms with Gasteiger partial charge in [0.2, 0.25) is 0 Å². The molecule has 2 aromatic rings. The molecule has 0 N–H and O–H groups in total. The Kier molecular flexibility index (Phi) is 4.48. The molecule has 0 fully saturated rings. The van der Waals surface area contributed by atoms with E-state index in [0.717, 1.165) is 17.1 Å². The molecule has 0 aromatic heterocycles. The summed E-state index contributed by atoms with van der Waals surface area (Å²) in [5.74, 6) is 2.21. The highest BCUT2D eigenvalue weighted by molar-refractivity contribution is 6.32. The minimum Gasteiger partial charge on any atom is -0.497 e. The van der Waals surface area contributed by atoms with Crippen molar-refractivity contribution in [2.75, 3.05) is 7.11 Å². The minimum absolute atomic E-state index is 0.606. The highest BCUT2D eigenvalue weighted by atomic mass is 35.5. The van der Waals surface area contributed by atoms with E-state index in [0.29, 0.717) is 10.8 Å². The second-order valence-electron chi connectivity index (χ2n) is 4.01. The van der Waals surface area contributed by atoms with E-state index in [2.05, 4.69) is 0 Å². The number of halogens is 1. The molecule has 0 spiro atoms. The summed E-state index contributed by atoms with van der Waals surface area (Å²) in [4.78, 5) is 0. The zero-order valence-electron chi connectivity index (χ0n) is 10.9. The monoisotopic (exact) mass is 274 g/mol. The fourth-order valence-corrected chi connectivity index (χ4v) is 1.82. The first-order valence-corrected chi connectivity index (χ1v) is 6.32. The Hall–Kier alpha value is -1.93. The molecule has 0 atom stereocenters. The van der Waals surface area contributed by atoms with E-state index in [9.17, 15) is 0 Å². The van der Waals surface area contributed by atoms with E-state index in [4.69, 9.17) is 21.1 Å². The van der Waals surface area contributed by atoms with Gasteiger partial charge in [-0.25, -0.2) is 0 Å². The number of rotatable bonds is 4. The molecule has 0 unspecified atom stereocenters. The van der Waals surface area contributed by atoms with Gasteiger partial charge < -0.3 is 9.47 Å². The SMILES string of the molecule is COc1ccc(/C(Oc2ccccc2)=C(\C)Cl)cc1. The Morgan fingerprint density at radius 3 is 2.05 bits per heavy atom. The third-order valence-electron chi connectivity index (χ3n) is 2.63. The average Bonchev–Trinajstić information content (AvgIpc) is 2.46. The van der Waals surface area contributed by atoms with Crippen LogP contribution in [0.1, 0.15) is 12.5 Å². The third kappa shape index (κ3) is 3.52. The summed E-state index contributed by atoms with van der Waals surface area (Å²) in [6.45, 7) is 1.81. The molecule has 0 heterocycles. The number of methoxy groups -OCH3 is 1. The molecule has 0 saturated heterocycles. The third-order valence-corrected chi connectivity index (χ3v) is 2.80. The van der Waals surface area contributed by atoms with Gasteiger partial charge in [0.25, 0.3) is 0 Å². The fourth-order valence-electron chi connectivity index (χ4n) is 1.68. The van der Waals surface area contributed by atoms with E-state index in [1.807, 2.05) is 61.5 Å². The van der Waals surface area contributed by atoms with Crippen LogP contribution in [0.25, 0.3) is 5.76 Å². The maximum Gasteiger partial charge on any atom is 0.148 e. The van der Waals surface area contributed by atoms with Crippen LogP contribution in [0.4, 0.5) is 0 Å². The van der Waals surface area contributed by atoms with E-state index in [1.165, 1.54) is 0 Å². The summed E-state index contributed by atoms with van der Waals surface area (Å²) < 4.78 is 11.0. The molecular weight excluding hydrogens is 260 g/mol. The first kappa shape index (κ1) is 13.5. The molecule has 3 heteroatoms. The summed E-state index contributed by atoms with van der Waals surface area (Å²) in [7, 11) is 1.64. The van der Waals surface area contributed by atoms with Crippen molar-refractivity contribution >= 4 is 17.4 Å². The van der Waals surface area contributed by atoms with E-state index < -0.39 is 0 Å². The second kappa shape index (κ2) is 6.30. The van der Waals surface area contributed by atoms with Crippen molar-refractivity contribution in [2.45, 2.75) is 6.92 Å². The lowest BCUT2D eigenvalue weighted by Crippen LogP contribution is -1.96. The molecule has 0 radical (unpaired) electrons. The molecule has 0 aliphatic carbocycles. The highest BCUT2D eigenvalue weighted by Crippen LogP contribution is 2.26. The molecule has 0 aliphatic heterocycles. The number of hydrogen-bond acceptors (Lipinski definition) is 2. The van der Waals surface area contributed by atoms with Gasteiger partial charge in [0.1, 0.15) is 17.3 Å². The smallest absolute Gasteiger partial charge is 0.148 e. The molecule has 2 rings (SSSR count). The van der Waals surface area contributed by atoms with Gasteiger partial charge in [-0.3, -0.25) is 0 Å². The molecule has 0 amide bonds. The average molecular weight is 275 g/mol. The van der Waals surface area contributed by atoms with Crippen molar-refractivity contribution in [1.82, 2.24) is 0 Å². The zero-order valence-corrected chi connectivity index (χ0v) is 11.6. The number of ether oxygens (including phenoxy) is 2. The molecular formula is C16H15ClO2. The molecule has 2 aromatic carbocycles. The standard InChI is InChI=1S/C16H15ClO2/c1-12(17)16(19-15-6-4-3-5-7-15)13-8-10-14(18-2)11-9-13/h3-11H,1-2H3/b16-12-. The lowest BCUT2D eigenvalue weighted by Gasteiger charge is -2.12. The summed E-state index contributed by atoms with van der Waals surface area (Å²) in [6.07, 6.45) is 0. The molecule has 0 aliphatic rings. The van der Waals surface area contributed by atoms with Crippen molar-refractivity contribution in [1.29, 1.82) is 0 Å². The summed E-state index contributed by atoms with van der Waals surface area (Å²) >= 11 is 6.13. The first-order chi connectivity index (χ1) is 9.20. The van der Waals surface area contributed by atoms with Crippen molar-refractivity contribution in [2.24, 2.45) is 0 Å². The normalized spacial score (nSPS) is 11.7. The number of allylic oxidation sites excluding steroid dienone is 1. The molecule has 0 bridgehead atoms. The maximum atomic E-state index is 6.13. The van der Waals surface area contributed by atoms with Crippen LogP contribution in [0, 0.1) is 0 Å². The van der Waals surface area contributed by atoms with Gasteiger partial charge in [-0.05, 0) is 43.3 Å². The van der Waals surface area contributed by atoms with Crippen LogP contribution in [0.15, 0.2) is 59.6 Å². The van der Waals surface area contributed by atoms with Gasteiger partial charge in [0, 0.05) is 5.56 Å². The quantitative estimate of drug-likeness (QED) is 0.752. The number of para-hydroxylation sites is 1. The second-order valence-corrected chi connectivity index (χ2v) is 4.57. The molecule has 19 heavy (non-hydrogen) atoms. The first-order valence-electron chi connectivity index (χ1n) is 5.94. The van der Waals surface area contributed by atoms with Crippen LogP contribution < -0.4 is 9.47 Å². The van der Waals surface area contributed by atoms with Gasteiger partial charge in [-0.1, -0.05) is 29.8 Å². The van der Waals surface area contributed by atoms with Crippen molar-refractivity contribution in [3.05, 3.63) is 65.2 Å². The summed E-state index contributed by atoms with van der Waals surface area (Å²) in [6, 6.07) is 17.2. The number of benzene rings is 2. The van der Waals surface area contributed by atoms with Crippen LogP contribution >= 0.6 is 11.6 Å². The lowest BCUT2D eigenvalue weighted by molar-refractivity contribution is 0.414. The van der Waals surface area contributed by atoms with Crippen LogP contribution in [-0.4, -0.2) is 7.11 Å². The Balaban J connectivity index is 2.28. The topological polar surface area (TPSA) is 18.5 Å². The van der Waals surface area contributed by atoms with Gasteiger partial charge in [-0.2, -0.15) is 0 Å². The van der Waals surface area contributed by atoms with Crippen LogP contribution in [0.3, 0.4) is 0 Å². The largest absolute Gasteiger partial charge is 0.497 e. The van der Waals surface area contributed by atoms with Gasteiger partial charge in [0.15, 0.2) is 0 Å². The maximum absolute atomic E-state index is 6.13. The van der Waals surface area contributed by atoms with Gasteiger partial charge >= 0.3 is 0 Å². The highest BCUT2D eigenvalue weighted by Gasteiger charge is 2.08. The van der Waals surface area contributed by atoms with Crippen LogP contribution in [-0.2, 0) is 0 Å². The van der Waals surface area contributed by atoms with Gasteiger partial charge in [0.05, 0.1) is 12.1 Å². The van der Waals surface area contributed by atoms with E-state index >= 15 is 0 Å². The summed E-state index contributed by atoms with van der Waals surface area (Å²) in [5, 5.41) is 0.606. The van der Waals surface area contributed by atoms with Crippen LogP contribution in [0.2, 0.25) is 0 Å². The van der Waals surface area contributed by atoms with Crippen molar-refractivity contribution in [3.8, 4) is 11.5 Å². The lowest BCUT2D eigenvalue weighted by atomic mass is 10.1. The van der Waals surface area contributed by atoms with Crippen molar-refractivity contribution < 1.29 is 9.47 Å². The van der Waals surface area contributed by atoms with Crippen molar-refractivity contribution in [3.63, 3.8) is 0 Å². The minimum atomic E-state index is 0.606. The Bertz CT molecular complexity index is 555. The molecule has 98 valence electrons. The van der Waals surface area contributed by atoms with E-state index in [1.54, 1.807) is 7.11 Å².